The van der Waals surface area contributed by atoms with Crippen LogP contribution in [0.25, 0.3) is 72.2 Å². The number of fused-ring (bicyclic) bond motifs is 8. The molecule has 0 aliphatic carbocycles. The minimum atomic E-state index is 0.906. The zero-order valence-electron chi connectivity index (χ0n) is 22.1. The molecular weight excluding hydrogens is 500 g/mol. The number of hydrogen-bond acceptors (Lipinski definition) is 1. The molecule has 0 unspecified atom stereocenters. The smallest absolute Gasteiger partial charge is 0.220 e. The molecule has 4 heteroatoms. The van der Waals surface area contributed by atoms with Crippen molar-refractivity contribution in [1.82, 2.24) is 18.5 Å². The van der Waals surface area contributed by atoms with Crippen LogP contribution in [0.3, 0.4) is 0 Å². The molecule has 0 aliphatic rings. The lowest BCUT2D eigenvalue weighted by molar-refractivity contribution is 1.09. The summed E-state index contributed by atoms with van der Waals surface area (Å²) in [6.45, 7) is 0. The number of aromatic nitrogens is 4. The average molecular weight is 525 g/mol. The Hall–Kier alpha value is -5.61. The van der Waals surface area contributed by atoms with Crippen molar-refractivity contribution in [2.24, 2.45) is 0 Å². The summed E-state index contributed by atoms with van der Waals surface area (Å²) < 4.78 is 7.07. The van der Waals surface area contributed by atoms with E-state index in [1.807, 2.05) is 0 Å². The summed E-state index contributed by atoms with van der Waals surface area (Å²) in [5.74, 6) is 0.906. The van der Waals surface area contributed by atoms with Crippen LogP contribution < -0.4 is 0 Å². The predicted molar refractivity (Wildman–Crippen MR) is 169 cm³/mol. The van der Waals surface area contributed by atoms with Crippen molar-refractivity contribution in [1.29, 1.82) is 0 Å². The summed E-state index contributed by atoms with van der Waals surface area (Å²) in [5.41, 5.74) is 11.3. The SMILES string of the molecule is c1ccc(-c2cccc3c4ccccc4n(-c4cccc5c4n(-c4ccccc4)c4nc6ccccc6n54)c23)cc1. The normalized spacial score (nSPS) is 11.9. The Labute approximate surface area is 236 Å². The molecule has 0 fully saturated rings. The van der Waals surface area contributed by atoms with E-state index in [0.717, 1.165) is 39.2 Å². The molecular formula is C37H24N4. The first-order valence-electron chi connectivity index (χ1n) is 13.9. The molecule has 0 aliphatic heterocycles. The molecule has 0 N–H and O–H groups in total. The highest BCUT2D eigenvalue weighted by Crippen LogP contribution is 2.41. The summed E-state index contributed by atoms with van der Waals surface area (Å²) >= 11 is 0. The molecule has 0 saturated carbocycles. The second-order valence-corrected chi connectivity index (χ2v) is 10.5. The van der Waals surface area contributed by atoms with Gasteiger partial charge >= 0.3 is 0 Å². The number of para-hydroxylation sites is 6. The molecule has 0 amide bonds. The van der Waals surface area contributed by atoms with Crippen LogP contribution in [0.4, 0.5) is 0 Å². The maximum Gasteiger partial charge on any atom is 0.220 e. The fourth-order valence-corrected chi connectivity index (χ4v) is 6.55. The van der Waals surface area contributed by atoms with Crippen LogP contribution >= 0.6 is 0 Å². The third-order valence-electron chi connectivity index (χ3n) is 8.24. The average Bonchev–Trinajstić information content (AvgIpc) is 3.69. The molecule has 192 valence electrons. The van der Waals surface area contributed by atoms with Gasteiger partial charge in [0.05, 0.1) is 38.8 Å². The molecule has 4 nitrogen and oxygen atoms in total. The van der Waals surface area contributed by atoms with Gasteiger partial charge in [-0.3, -0.25) is 8.97 Å². The van der Waals surface area contributed by atoms with Crippen molar-refractivity contribution in [3.8, 4) is 22.5 Å². The second-order valence-electron chi connectivity index (χ2n) is 10.5. The van der Waals surface area contributed by atoms with Crippen LogP contribution in [-0.2, 0) is 0 Å². The Morgan fingerprint density at radius 1 is 0.439 bits per heavy atom. The van der Waals surface area contributed by atoms with Gasteiger partial charge in [0.15, 0.2) is 0 Å². The Balaban J connectivity index is 1.51. The zero-order chi connectivity index (χ0) is 26.9. The van der Waals surface area contributed by atoms with Gasteiger partial charge in [-0.05, 0) is 48.0 Å². The number of nitrogens with zero attached hydrogens (tertiary/aromatic N) is 4. The Morgan fingerprint density at radius 2 is 1.10 bits per heavy atom. The fraction of sp³-hybridized carbons (Fsp3) is 0. The van der Waals surface area contributed by atoms with Crippen molar-refractivity contribution in [3.63, 3.8) is 0 Å². The predicted octanol–water partition coefficient (Wildman–Crippen LogP) is 9.20. The first-order valence-corrected chi connectivity index (χ1v) is 13.9. The van der Waals surface area contributed by atoms with Gasteiger partial charge in [-0.1, -0.05) is 103 Å². The molecule has 3 aromatic heterocycles. The lowest BCUT2D eigenvalue weighted by Crippen LogP contribution is -2.01. The zero-order valence-corrected chi connectivity index (χ0v) is 22.1. The van der Waals surface area contributed by atoms with Gasteiger partial charge < -0.3 is 4.57 Å². The van der Waals surface area contributed by atoms with Gasteiger partial charge in [-0.15, -0.1) is 0 Å². The summed E-state index contributed by atoms with van der Waals surface area (Å²) in [7, 11) is 0. The highest BCUT2D eigenvalue weighted by molar-refractivity contribution is 6.14. The van der Waals surface area contributed by atoms with Crippen LogP contribution in [0, 0.1) is 0 Å². The summed E-state index contributed by atoms with van der Waals surface area (Å²) in [4.78, 5) is 5.16. The van der Waals surface area contributed by atoms with Crippen molar-refractivity contribution in [3.05, 3.63) is 146 Å². The second kappa shape index (κ2) is 8.44. The van der Waals surface area contributed by atoms with Crippen molar-refractivity contribution < 1.29 is 0 Å². The lowest BCUT2D eigenvalue weighted by Gasteiger charge is -2.15. The van der Waals surface area contributed by atoms with E-state index in [9.17, 15) is 0 Å². The third-order valence-corrected chi connectivity index (χ3v) is 8.24. The van der Waals surface area contributed by atoms with Gasteiger partial charge in [-0.25, -0.2) is 4.98 Å². The first-order chi connectivity index (χ1) is 20.4. The van der Waals surface area contributed by atoms with Crippen molar-refractivity contribution in [2.75, 3.05) is 0 Å². The van der Waals surface area contributed by atoms with E-state index >= 15 is 0 Å². The van der Waals surface area contributed by atoms with Crippen molar-refractivity contribution >= 4 is 49.7 Å². The molecule has 0 spiro atoms. The minimum absolute atomic E-state index is 0.906. The van der Waals surface area contributed by atoms with Crippen LogP contribution in [-0.4, -0.2) is 18.5 Å². The number of benzene rings is 6. The Morgan fingerprint density at radius 3 is 1.95 bits per heavy atom. The summed E-state index contributed by atoms with van der Waals surface area (Å²) in [5, 5.41) is 2.48. The molecule has 0 radical (unpaired) electrons. The van der Waals surface area contributed by atoms with E-state index in [1.165, 1.54) is 32.9 Å². The Kier molecular flexibility index (Phi) is 4.58. The molecule has 9 aromatic rings. The van der Waals surface area contributed by atoms with Gasteiger partial charge in [-0.2, -0.15) is 0 Å². The van der Waals surface area contributed by atoms with Crippen LogP contribution in [0.5, 0.6) is 0 Å². The van der Waals surface area contributed by atoms with Gasteiger partial charge in [0.25, 0.3) is 0 Å². The monoisotopic (exact) mass is 524 g/mol. The fourth-order valence-electron chi connectivity index (χ4n) is 6.55. The van der Waals surface area contributed by atoms with E-state index in [4.69, 9.17) is 4.98 Å². The number of imidazole rings is 2. The molecule has 6 aromatic carbocycles. The van der Waals surface area contributed by atoms with Crippen LogP contribution in [0.2, 0.25) is 0 Å². The highest BCUT2D eigenvalue weighted by atomic mass is 15.2. The quantitative estimate of drug-likeness (QED) is 0.226. The first kappa shape index (κ1) is 22.2. The van der Waals surface area contributed by atoms with E-state index in [2.05, 4.69) is 159 Å². The molecule has 41 heavy (non-hydrogen) atoms. The highest BCUT2D eigenvalue weighted by Gasteiger charge is 2.23. The topological polar surface area (TPSA) is 27.2 Å². The van der Waals surface area contributed by atoms with E-state index in [1.54, 1.807) is 0 Å². The minimum Gasteiger partial charge on any atom is -0.306 e. The van der Waals surface area contributed by atoms with E-state index < -0.39 is 0 Å². The molecule has 0 saturated heterocycles. The number of hydrogen-bond donors (Lipinski definition) is 0. The third kappa shape index (κ3) is 3.07. The largest absolute Gasteiger partial charge is 0.306 e. The molecule has 0 bridgehead atoms. The van der Waals surface area contributed by atoms with Gasteiger partial charge in [0.1, 0.15) is 0 Å². The molecule has 0 atom stereocenters. The van der Waals surface area contributed by atoms with Crippen molar-refractivity contribution in [2.45, 2.75) is 0 Å². The maximum absolute atomic E-state index is 5.16. The Bertz CT molecular complexity index is 2410. The van der Waals surface area contributed by atoms with Crippen LogP contribution in [0.15, 0.2) is 146 Å². The van der Waals surface area contributed by atoms with Gasteiger partial charge in [0.2, 0.25) is 5.78 Å². The van der Waals surface area contributed by atoms with Crippen LogP contribution in [0.1, 0.15) is 0 Å². The maximum atomic E-state index is 5.16. The lowest BCUT2D eigenvalue weighted by atomic mass is 10.0. The summed E-state index contributed by atoms with van der Waals surface area (Å²) in [6.07, 6.45) is 0. The van der Waals surface area contributed by atoms with E-state index in [-0.39, 0.29) is 0 Å². The standard InChI is InChI=1S/C37H24N4/c1-3-13-25(14-4-1)27-18-11-19-29-28-17-7-9-21-31(28)40(35(27)29)33-23-12-24-34-36(33)39(26-15-5-2-6-16-26)37-38-30-20-8-10-22-32(30)41(34)37/h1-24H. The molecule has 9 rings (SSSR count). The summed E-state index contributed by atoms with van der Waals surface area (Å²) in [6, 6.07) is 51.7. The number of rotatable bonds is 3. The van der Waals surface area contributed by atoms with Gasteiger partial charge in [0, 0.05) is 22.0 Å². The molecule has 3 heterocycles. The van der Waals surface area contributed by atoms with E-state index in [0.29, 0.717) is 0 Å².